The van der Waals surface area contributed by atoms with Gasteiger partial charge in [0.05, 0.1) is 12.6 Å². The standard InChI is InChI=1S/C12H24N4O/c1-15(2)8-4-3-6-13-10-12(17)11-16-9-5-7-14-16/h5,7,9,12-13,17H,3-4,6,8,10-11H2,1-2H3. The minimum Gasteiger partial charge on any atom is -0.390 e. The van der Waals surface area contributed by atoms with Gasteiger partial charge in [-0.15, -0.1) is 0 Å². The lowest BCUT2D eigenvalue weighted by Gasteiger charge is -2.12. The van der Waals surface area contributed by atoms with Crippen LogP contribution in [0.2, 0.25) is 0 Å². The Morgan fingerprint density at radius 1 is 1.41 bits per heavy atom. The molecule has 1 aromatic heterocycles. The first-order chi connectivity index (χ1) is 8.18. The molecule has 98 valence electrons. The van der Waals surface area contributed by atoms with Gasteiger partial charge in [0, 0.05) is 18.9 Å². The summed E-state index contributed by atoms with van der Waals surface area (Å²) in [7, 11) is 4.17. The molecular formula is C12H24N4O. The molecule has 0 aliphatic heterocycles. The molecule has 1 heterocycles. The maximum atomic E-state index is 9.73. The third-order valence-electron chi connectivity index (χ3n) is 2.55. The van der Waals surface area contributed by atoms with Crippen molar-refractivity contribution in [3.8, 4) is 0 Å². The first-order valence-corrected chi connectivity index (χ1v) is 6.19. The van der Waals surface area contributed by atoms with E-state index in [2.05, 4.69) is 29.4 Å². The summed E-state index contributed by atoms with van der Waals surface area (Å²) >= 11 is 0. The zero-order chi connectivity index (χ0) is 12.5. The Labute approximate surface area is 103 Å². The van der Waals surface area contributed by atoms with Gasteiger partial charge in [-0.05, 0) is 46.1 Å². The molecule has 0 fully saturated rings. The monoisotopic (exact) mass is 240 g/mol. The zero-order valence-corrected chi connectivity index (χ0v) is 10.8. The highest BCUT2D eigenvalue weighted by molar-refractivity contribution is 4.78. The molecule has 5 nitrogen and oxygen atoms in total. The second-order valence-corrected chi connectivity index (χ2v) is 4.60. The predicted octanol–water partition coefficient (Wildman–Crippen LogP) is 0.175. The number of hydrogen-bond acceptors (Lipinski definition) is 4. The summed E-state index contributed by atoms with van der Waals surface area (Å²) in [6, 6.07) is 1.86. The summed E-state index contributed by atoms with van der Waals surface area (Å²) in [6.45, 7) is 3.26. The molecule has 0 aliphatic rings. The first kappa shape index (κ1) is 14.2. The summed E-state index contributed by atoms with van der Waals surface area (Å²) in [4.78, 5) is 2.19. The van der Waals surface area contributed by atoms with Crippen molar-refractivity contribution in [2.24, 2.45) is 0 Å². The van der Waals surface area contributed by atoms with E-state index in [4.69, 9.17) is 0 Å². The Morgan fingerprint density at radius 2 is 2.24 bits per heavy atom. The quantitative estimate of drug-likeness (QED) is 0.604. The number of aliphatic hydroxyl groups excluding tert-OH is 1. The predicted molar refractivity (Wildman–Crippen MR) is 68.9 cm³/mol. The highest BCUT2D eigenvalue weighted by Crippen LogP contribution is 1.92. The van der Waals surface area contributed by atoms with Gasteiger partial charge in [-0.3, -0.25) is 4.68 Å². The van der Waals surface area contributed by atoms with E-state index in [0.717, 1.165) is 19.5 Å². The third kappa shape index (κ3) is 7.10. The van der Waals surface area contributed by atoms with Gasteiger partial charge in [0.25, 0.3) is 0 Å². The molecule has 1 aromatic rings. The average Bonchev–Trinajstić information content (AvgIpc) is 2.75. The van der Waals surface area contributed by atoms with Crippen LogP contribution in [0.3, 0.4) is 0 Å². The van der Waals surface area contributed by atoms with Crippen LogP contribution in [-0.4, -0.2) is 59.6 Å². The van der Waals surface area contributed by atoms with Gasteiger partial charge in [-0.25, -0.2) is 0 Å². The van der Waals surface area contributed by atoms with E-state index in [1.807, 2.05) is 12.3 Å². The van der Waals surface area contributed by atoms with E-state index < -0.39 is 0 Å². The van der Waals surface area contributed by atoms with Crippen LogP contribution in [0.15, 0.2) is 18.5 Å². The molecule has 1 rings (SSSR count). The summed E-state index contributed by atoms with van der Waals surface area (Å²) in [5, 5.41) is 17.1. The molecule has 2 N–H and O–H groups in total. The Kier molecular flexibility index (Phi) is 6.84. The Bertz CT molecular complexity index is 274. The van der Waals surface area contributed by atoms with Crippen molar-refractivity contribution in [1.29, 1.82) is 0 Å². The molecule has 0 amide bonds. The van der Waals surface area contributed by atoms with Crippen LogP contribution >= 0.6 is 0 Å². The van der Waals surface area contributed by atoms with Crippen LogP contribution in [0.5, 0.6) is 0 Å². The number of hydrogen-bond donors (Lipinski definition) is 2. The molecule has 0 aromatic carbocycles. The molecule has 0 saturated heterocycles. The maximum absolute atomic E-state index is 9.73. The second kappa shape index (κ2) is 8.22. The Balaban J connectivity index is 1.95. The SMILES string of the molecule is CN(C)CCCCNCC(O)Cn1cccn1. The number of aromatic nitrogens is 2. The highest BCUT2D eigenvalue weighted by Gasteiger charge is 2.04. The van der Waals surface area contributed by atoms with Gasteiger partial charge < -0.3 is 15.3 Å². The number of aliphatic hydroxyl groups is 1. The Morgan fingerprint density at radius 3 is 2.88 bits per heavy atom. The van der Waals surface area contributed by atoms with Crippen molar-refractivity contribution >= 4 is 0 Å². The van der Waals surface area contributed by atoms with Gasteiger partial charge in [0.15, 0.2) is 0 Å². The van der Waals surface area contributed by atoms with Crippen LogP contribution < -0.4 is 5.32 Å². The van der Waals surface area contributed by atoms with Crippen LogP contribution in [-0.2, 0) is 6.54 Å². The molecule has 0 radical (unpaired) electrons. The largest absolute Gasteiger partial charge is 0.390 e. The summed E-state index contributed by atoms with van der Waals surface area (Å²) < 4.78 is 1.75. The van der Waals surface area contributed by atoms with Crippen molar-refractivity contribution in [2.45, 2.75) is 25.5 Å². The van der Waals surface area contributed by atoms with Crippen molar-refractivity contribution in [1.82, 2.24) is 20.0 Å². The molecule has 17 heavy (non-hydrogen) atoms. The van der Waals surface area contributed by atoms with Gasteiger partial charge >= 0.3 is 0 Å². The Hall–Kier alpha value is -0.910. The minimum atomic E-state index is -0.372. The van der Waals surface area contributed by atoms with Gasteiger partial charge in [0.2, 0.25) is 0 Å². The number of nitrogens with zero attached hydrogens (tertiary/aromatic N) is 3. The van der Waals surface area contributed by atoms with Crippen LogP contribution in [0.1, 0.15) is 12.8 Å². The summed E-state index contributed by atoms with van der Waals surface area (Å²) in [5.41, 5.74) is 0. The fraction of sp³-hybridized carbons (Fsp3) is 0.750. The van der Waals surface area contributed by atoms with Crippen LogP contribution in [0.25, 0.3) is 0 Å². The van der Waals surface area contributed by atoms with E-state index in [-0.39, 0.29) is 6.10 Å². The van der Waals surface area contributed by atoms with Crippen LogP contribution in [0, 0.1) is 0 Å². The molecule has 1 unspecified atom stereocenters. The third-order valence-corrected chi connectivity index (χ3v) is 2.55. The summed E-state index contributed by atoms with van der Waals surface area (Å²) in [6.07, 6.45) is 5.55. The fourth-order valence-electron chi connectivity index (χ4n) is 1.64. The van der Waals surface area contributed by atoms with Gasteiger partial charge in [-0.2, -0.15) is 5.10 Å². The van der Waals surface area contributed by atoms with Crippen molar-refractivity contribution in [3.63, 3.8) is 0 Å². The number of unbranched alkanes of at least 4 members (excludes halogenated alkanes) is 1. The number of rotatable bonds is 9. The van der Waals surface area contributed by atoms with E-state index in [1.54, 1.807) is 10.9 Å². The minimum absolute atomic E-state index is 0.372. The molecule has 0 saturated carbocycles. The van der Waals surface area contributed by atoms with Crippen molar-refractivity contribution in [2.75, 3.05) is 33.7 Å². The van der Waals surface area contributed by atoms with E-state index in [9.17, 15) is 5.11 Å². The van der Waals surface area contributed by atoms with E-state index >= 15 is 0 Å². The second-order valence-electron chi connectivity index (χ2n) is 4.60. The molecule has 1 atom stereocenters. The van der Waals surface area contributed by atoms with E-state index in [0.29, 0.717) is 13.1 Å². The molecule has 5 heteroatoms. The molecular weight excluding hydrogens is 216 g/mol. The highest BCUT2D eigenvalue weighted by atomic mass is 16.3. The lowest BCUT2D eigenvalue weighted by Crippen LogP contribution is -2.31. The lowest BCUT2D eigenvalue weighted by atomic mass is 10.3. The molecule has 0 aliphatic carbocycles. The van der Waals surface area contributed by atoms with Crippen molar-refractivity contribution < 1.29 is 5.11 Å². The van der Waals surface area contributed by atoms with Gasteiger partial charge in [0.1, 0.15) is 0 Å². The fourth-order valence-corrected chi connectivity index (χ4v) is 1.64. The maximum Gasteiger partial charge on any atom is 0.0860 e. The lowest BCUT2D eigenvalue weighted by molar-refractivity contribution is 0.147. The van der Waals surface area contributed by atoms with E-state index in [1.165, 1.54) is 6.42 Å². The average molecular weight is 240 g/mol. The van der Waals surface area contributed by atoms with Gasteiger partial charge in [-0.1, -0.05) is 0 Å². The normalized spacial score (nSPS) is 13.2. The first-order valence-electron chi connectivity index (χ1n) is 6.19. The topological polar surface area (TPSA) is 53.3 Å². The smallest absolute Gasteiger partial charge is 0.0860 e. The summed E-state index contributed by atoms with van der Waals surface area (Å²) in [5.74, 6) is 0. The molecule has 0 spiro atoms. The number of nitrogens with one attached hydrogen (secondary N) is 1. The van der Waals surface area contributed by atoms with Crippen molar-refractivity contribution in [3.05, 3.63) is 18.5 Å². The van der Waals surface area contributed by atoms with Crippen LogP contribution in [0.4, 0.5) is 0 Å². The zero-order valence-electron chi connectivity index (χ0n) is 10.8. The molecule has 0 bridgehead atoms.